The van der Waals surface area contributed by atoms with Crippen LogP contribution in [-0.4, -0.2) is 46.3 Å². The molecule has 6 nitrogen and oxygen atoms in total. The Morgan fingerprint density at radius 3 is 2.76 bits per heavy atom. The molecular weight excluding hydrogens is 451 g/mol. The van der Waals surface area contributed by atoms with E-state index in [-0.39, 0.29) is 29.7 Å². The third kappa shape index (κ3) is 5.47. The number of anilines is 1. The number of benzene rings is 1. The lowest BCUT2D eigenvalue weighted by molar-refractivity contribution is 0.591. The van der Waals surface area contributed by atoms with E-state index in [9.17, 15) is 8.42 Å². The summed E-state index contributed by atoms with van der Waals surface area (Å²) in [7, 11) is -3.31. The molecule has 1 aromatic rings. The highest BCUT2D eigenvalue weighted by molar-refractivity contribution is 14.0. The van der Waals surface area contributed by atoms with Crippen molar-refractivity contribution in [3.8, 4) is 0 Å². The first-order chi connectivity index (χ1) is 11.6. The van der Waals surface area contributed by atoms with Gasteiger partial charge in [-0.15, -0.1) is 24.0 Å². The van der Waals surface area contributed by atoms with Crippen molar-refractivity contribution in [3.05, 3.63) is 29.8 Å². The second-order valence-electron chi connectivity index (χ2n) is 6.36. The summed E-state index contributed by atoms with van der Waals surface area (Å²) >= 11 is 0. The summed E-state index contributed by atoms with van der Waals surface area (Å²) in [5, 5.41) is 6.31. The van der Waals surface area contributed by atoms with Gasteiger partial charge in [0.25, 0.3) is 0 Å². The molecule has 0 unspecified atom stereocenters. The molecule has 1 heterocycles. The third-order valence-corrected chi connectivity index (χ3v) is 6.15. The van der Waals surface area contributed by atoms with Crippen LogP contribution in [0.2, 0.25) is 0 Å². The second-order valence-corrected chi connectivity index (χ2v) is 8.37. The molecule has 0 spiro atoms. The van der Waals surface area contributed by atoms with Gasteiger partial charge in [-0.1, -0.05) is 18.2 Å². The minimum atomic E-state index is -3.31. The Balaban J connectivity index is 0.00000225. The highest BCUT2D eigenvalue weighted by Crippen LogP contribution is 2.30. The van der Waals surface area contributed by atoms with Crippen molar-refractivity contribution in [2.24, 2.45) is 10.9 Å². The van der Waals surface area contributed by atoms with Crippen molar-refractivity contribution in [2.45, 2.75) is 26.2 Å². The molecule has 0 atom stereocenters. The van der Waals surface area contributed by atoms with Gasteiger partial charge in [0.15, 0.2) is 5.96 Å². The van der Waals surface area contributed by atoms with Gasteiger partial charge in [-0.3, -0.25) is 9.30 Å². The zero-order valence-corrected chi connectivity index (χ0v) is 17.7. The maximum absolute atomic E-state index is 12.6. The summed E-state index contributed by atoms with van der Waals surface area (Å²) < 4.78 is 26.8. The van der Waals surface area contributed by atoms with Crippen molar-refractivity contribution >= 4 is 45.6 Å². The summed E-state index contributed by atoms with van der Waals surface area (Å²) in [6.45, 7) is 4.49. The Morgan fingerprint density at radius 1 is 1.28 bits per heavy atom. The first kappa shape index (κ1) is 20.3. The van der Waals surface area contributed by atoms with Crippen molar-refractivity contribution in [3.63, 3.8) is 0 Å². The summed E-state index contributed by atoms with van der Waals surface area (Å²) in [6, 6.07) is 7.72. The minimum absolute atomic E-state index is 0. The molecule has 140 valence electrons. The van der Waals surface area contributed by atoms with Crippen LogP contribution in [0.25, 0.3) is 0 Å². The average molecular weight is 478 g/mol. The number of sulfonamides is 1. The Bertz CT molecular complexity index is 704. The first-order valence-corrected chi connectivity index (χ1v) is 10.3. The number of hydrogen-bond donors (Lipinski definition) is 2. The van der Waals surface area contributed by atoms with Crippen LogP contribution < -0.4 is 14.9 Å². The molecule has 3 rings (SSSR count). The number of para-hydroxylation sites is 1. The molecular formula is C17H27IN4O2S. The summed E-state index contributed by atoms with van der Waals surface area (Å²) in [5.41, 5.74) is 1.93. The van der Waals surface area contributed by atoms with Crippen LogP contribution in [-0.2, 0) is 16.4 Å². The van der Waals surface area contributed by atoms with Gasteiger partial charge < -0.3 is 10.6 Å². The number of hydrogen-bond acceptors (Lipinski definition) is 3. The largest absolute Gasteiger partial charge is 0.357 e. The molecule has 1 fully saturated rings. The van der Waals surface area contributed by atoms with E-state index in [0.717, 1.165) is 30.8 Å². The predicted molar refractivity (Wildman–Crippen MR) is 113 cm³/mol. The van der Waals surface area contributed by atoms with Gasteiger partial charge in [-0.2, -0.15) is 0 Å². The van der Waals surface area contributed by atoms with E-state index in [0.29, 0.717) is 25.0 Å². The van der Waals surface area contributed by atoms with Crippen molar-refractivity contribution in [1.29, 1.82) is 0 Å². The molecule has 1 saturated carbocycles. The van der Waals surface area contributed by atoms with E-state index in [1.807, 2.05) is 31.2 Å². The summed E-state index contributed by atoms with van der Waals surface area (Å²) in [6.07, 6.45) is 3.30. The van der Waals surface area contributed by atoms with Crippen LogP contribution in [0.5, 0.6) is 0 Å². The molecule has 0 amide bonds. The first-order valence-electron chi connectivity index (χ1n) is 8.70. The van der Waals surface area contributed by atoms with Crippen molar-refractivity contribution in [2.75, 3.05) is 36.2 Å². The molecule has 1 aliphatic carbocycles. The number of guanidine groups is 1. The van der Waals surface area contributed by atoms with Crippen LogP contribution in [0.15, 0.2) is 29.3 Å². The smallest absolute Gasteiger partial charge is 0.236 e. The minimum Gasteiger partial charge on any atom is -0.357 e. The van der Waals surface area contributed by atoms with E-state index >= 15 is 0 Å². The van der Waals surface area contributed by atoms with E-state index in [1.54, 1.807) is 0 Å². The molecule has 2 aliphatic rings. The van der Waals surface area contributed by atoms with E-state index in [2.05, 4.69) is 15.6 Å². The van der Waals surface area contributed by atoms with Gasteiger partial charge in [-0.05, 0) is 43.7 Å². The van der Waals surface area contributed by atoms with Crippen molar-refractivity contribution in [1.82, 2.24) is 10.6 Å². The van der Waals surface area contributed by atoms with Gasteiger partial charge in [-0.25, -0.2) is 8.42 Å². The summed E-state index contributed by atoms with van der Waals surface area (Å²) in [5.74, 6) is 1.49. The zero-order chi connectivity index (χ0) is 17.0. The van der Waals surface area contributed by atoms with Crippen LogP contribution in [0.4, 0.5) is 5.69 Å². The Labute approximate surface area is 167 Å². The van der Waals surface area contributed by atoms with Gasteiger partial charge in [0, 0.05) is 26.2 Å². The standard InChI is InChI=1S/C17H26N4O2S.HI/c1-2-18-17(20-13-14-7-8-14)19-10-12-24(22,23)21-11-9-15-5-3-4-6-16(15)21;/h3-6,14H,2,7-13H2,1H3,(H2,18,19,20);1H. The molecule has 1 aliphatic heterocycles. The molecule has 25 heavy (non-hydrogen) atoms. The fourth-order valence-electron chi connectivity index (χ4n) is 2.87. The SMILES string of the molecule is CCNC(=NCC1CC1)NCCS(=O)(=O)N1CCc2ccccc21.I. The van der Waals surface area contributed by atoms with Crippen LogP contribution in [0, 0.1) is 5.92 Å². The highest BCUT2D eigenvalue weighted by atomic mass is 127. The molecule has 0 radical (unpaired) electrons. The quantitative estimate of drug-likeness (QED) is 0.357. The lowest BCUT2D eigenvalue weighted by Gasteiger charge is -2.20. The molecule has 0 saturated heterocycles. The number of aliphatic imine (C=N–C) groups is 1. The Morgan fingerprint density at radius 2 is 2.04 bits per heavy atom. The predicted octanol–water partition coefficient (Wildman–Crippen LogP) is 1.96. The number of fused-ring (bicyclic) bond motifs is 1. The average Bonchev–Trinajstić information content (AvgIpc) is 3.28. The monoisotopic (exact) mass is 478 g/mol. The van der Waals surface area contributed by atoms with Gasteiger partial charge in [0.05, 0.1) is 11.4 Å². The van der Waals surface area contributed by atoms with E-state index in [1.165, 1.54) is 17.1 Å². The summed E-state index contributed by atoms with van der Waals surface area (Å²) in [4.78, 5) is 4.51. The fraction of sp³-hybridized carbons (Fsp3) is 0.588. The third-order valence-electron chi connectivity index (χ3n) is 4.38. The second kappa shape index (κ2) is 9.07. The molecule has 0 aromatic heterocycles. The number of nitrogens with one attached hydrogen (secondary N) is 2. The lowest BCUT2D eigenvalue weighted by atomic mass is 10.2. The lowest BCUT2D eigenvalue weighted by Crippen LogP contribution is -2.42. The molecule has 1 aromatic carbocycles. The topological polar surface area (TPSA) is 73.8 Å². The van der Waals surface area contributed by atoms with Crippen LogP contribution in [0.3, 0.4) is 0 Å². The van der Waals surface area contributed by atoms with Crippen LogP contribution >= 0.6 is 24.0 Å². The van der Waals surface area contributed by atoms with Gasteiger partial charge in [0.1, 0.15) is 0 Å². The highest BCUT2D eigenvalue weighted by Gasteiger charge is 2.28. The Kier molecular flexibility index (Phi) is 7.36. The Hall–Kier alpha value is -1.03. The molecule has 2 N–H and O–H groups in total. The van der Waals surface area contributed by atoms with E-state index in [4.69, 9.17) is 0 Å². The maximum Gasteiger partial charge on any atom is 0.236 e. The normalized spacial score (nSPS) is 17.0. The molecule has 8 heteroatoms. The number of rotatable bonds is 7. The van der Waals surface area contributed by atoms with Crippen LogP contribution in [0.1, 0.15) is 25.3 Å². The fourth-order valence-corrected chi connectivity index (χ4v) is 4.30. The van der Waals surface area contributed by atoms with E-state index < -0.39 is 10.0 Å². The van der Waals surface area contributed by atoms with Gasteiger partial charge >= 0.3 is 0 Å². The molecule has 0 bridgehead atoms. The number of nitrogens with zero attached hydrogens (tertiary/aromatic N) is 2. The van der Waals surface area contributed by atoms with Gasteiger partial charge in [0.2, 0.25) is 10.0 Å². The zero-order valence-electron chi connectivity index (χ0n) is 14.6. The van der Waals surface area contributed by atoms with Crippen molar-refractivity contribution < 1.29 is 8.42 Å². The maximum atomic E-state index is 12.6. The number of halogens is 1.